The maximum absolute atomic E-state index is 2.07. The molecule has 1 saturated heterocycles. The van der Waals surface area contributed by atoms with Crippen molar-refractivity contribution in [3.63, 3.8) is 0 Å². The minimum absolute atomic E-state index is 0. The van der Waals surface area contributed by atoms with Crippen molar-refractivity contribution in [1.82, 2.24) is 0 Å². The SMILES string of the molecule is C1CCSC1.Cl.[Au]. The average molecular weight is 322 g/mol. The molecule has 0 aliphatic carbocycles. The monoisotopic (exact) mass is 321 g/mol. The van der Waals surface area contributed by atoms with Crippen molar-refractivity contribution >= 4 is 24.2 Å². The smallest absolute Gasteiger partial charge is 0 e. The number of thioether (sulfide) groups is 1. The Labute approximate surface area is 70.7 Å². The number of hydrogen-bond acceptors (Lipinski definition) is 1. The summed E-state index contributed by atoms with van der Waals surface area (Å²) in [5.41, 5.74) is 0. The summed E-state index contributed by atoms with van der Waals surface area (Å²) >= 11 is 2.07. The van der Waals surface area contributed by atoms with Crippen molar-refractivity contribution in [2.24, 2.45) is 0 Å². The first-order valence-electron chi connectivity index (χ1n) is 2.08. The van der Waals surface area contributed by atoms with Crippen LogP contribution in [0.3, 0.4) is 0 Å². The van der Waals surface area contributed by atoms with E-state index in [2.05, 4.69) is 11.8 Å². The molecule has 1 aliphatic rings. The van der Waals surface area contributed by atoms with Crippen molar-refractivity contribution in [1.29, 1.82) is 0 Å². The van der Waals surface area contributed by atoms with Crippen molar-refractivity contribution in [2.75, 3.05) is 11.5 Å². The van der Waals surface area contributed by atoms with Gasteiger partial charge in [0.1, 0.15) is 0 Å². The Bertz CT molecular complexity index is 23.3. The first-order chi connectivity index (χ1) is 2.50. The van der Waals surface area contributed by atoms with Crippen LogP contribution in [0.25, 0.3) is 0 Å². The van der Waals surface area contributed by atoms with Crippen LogP contribution >= 0.6 is 24.2 Å². The maximum atomic E-state index is 2.07. The van der Waals surface area contributed by atoms with Gasteiger partial charge in [0.2, 0.25) is 0 Å². The Morgan fingerprint density at radius 3 is 1.57 bits per heavy atom. The van der Waals surface area contributed by atoms with Gasteiger partial charge < -0.3 is 0 Å². The summed E-state index contributed by atoms with van der Waals surface area (Å²) in [4.78, 5) is 0. The van der Waals surface area contributed by atoms with Crippen LogP contribution in [0.15, 0.2) is 0 Å². The summed E-state index contributed by atoms with van der Waals surface area (Å²) in [6.45, 7) is 0. The van der Waals surface area contributed by atoms with Gasteiger partial charge in [-0.15, -0.1) is 12.4 Å². The molecular formula is C4H9AuClS. The molecule has 1 heterocycles. The minimum atomic E-state index is 0. The number of halogens is 1. The molecule has 1 radical (unpaired) electrons. The second-order valence-corrected chi connectivity index (χ2v) is 2.54. The van der Waals surface area contributed by atoms with E-state index in [1.54, 1.807) is 0 Å². The molecule has 0 unspecified atom stereocenters. The molecular weight excluding hydrogens is 313 g/mol. The van der Waals surface area contributed by atoms with Crippen LogP contribution in [0.5, 0.6) is 0 Å². The summed E-state index contributed by atoms with van der Waals surface area (Å²) in [5, 5.41) is 0. The van der Waals surface area contributed by atoms with Crippen LogP contribution < -0.4 is 0 Å². The first-order valence-corrected chi connectivity index (χ1v) is 3.23. The minimum Gasteiger partial charge on any atom is -0.162 e. The normalized spacial score (nSPS) is 17.1. The zero-order valence-electron chi connectivity index (χ0n) is 3.95. The largest absolute Gasteiger partial charge is 0.162 e. The third kappa shape index (κ3) is 5.25. The molecule has 0 aromatic heterocycles. The standard InChI is InChI=1S/C4H8S.Au.ClH/c1-2-4-5-3-1;;/h1-4H2;;1H. The Hall–Kier alpha value is 1.38. The summed E-state index contributed by atoms with van der Waals surface area (Å²) in [6.07, 6.45) is 2.93. The predicted octanol–water partition coefficient (Wildman–Crippen LogP) is 1.93. The van der Waals surface area contributed by atoms with Gasteiger partial charge in [0.05, 0.1) is 0 Å². The molecule has 0 nitrogen and oxygen atoms in total. The predicted molar refractivity (Wildman–Crippen MR) is 33.8 cm³/mol. The summed E-state index contributed by atoms with van der Waals surface area (Å²) < 4.78 is 0. The molecule has 7 heavy (non-hydrogen) atoms. The Kier molecular flexibility index (Phi) is 11.8. The summed E-state index contributed by atoms with van der Waals surface area (Å²) in [6, 6.07) is 0. The van der Waals surface area contributed by atoms with Gasteiger partial charge in [-0.3, -0.25) is 0 Å². The fraction of sp³-hybridized carbons (Fsp3) is 1.00. The van der Waals surface area contributed by atoms with E-state index < -0.39 is 0 Å². The quantitative estimate of drug-likeness (QED) is 0.615. The molecule has 3 heteroatoms. The van der Waals surface area contributed by atoms with Gasteiger partial charge in [0.15, 0.2) is 0 Å². The first kappa shape index (κ1) is 11.2. The van der Waals surface area contributed by atoms with Crippen LogP contribution in [0.4, 0.5) is 0 Å². The molecule has 0 aromatic rings. The Balaban J connectivity index is 0. The topological polar surface area (TPSA) is 0 Å². The molecule has 0 N–H and O–H groups in total. The number of hydrogen-bond donors (Lipinski definition) is 0. The fourth-order valence-electron chi connectivity index (χ4n) is 0.510. The van der Waals surface area contributed by atoms with Gasteiger partial charge >= 0.3 is 0 Å². The molecule has 0 bridgehead atoms. The van der Waals surface area contributed by atoms with E-state index in [1.165, 1.54) is 24.3 Å². The molecule has 0 amide bonds. The molecule has 0 atom stereocenters. The maximum Gasteiger partial charge on any atom is 0 e. The Morgan fingerprint density at radius 1 is 1.00 bits per heavy atom. The van der Waals surface area contributed by atoms with Gasteiger partial charge in [0.25, 0.3) is 0 Å². The molecule has 49 valence electrons. The second-order valence-electron chi connectivity index (χ2n) is 1.32. The molecule has 1 rings (SSSR count). The van der Waals surface area contributed by atoms with Gasteiger partial charge in [-0.1, -0.05) is 0 Å². The molecule has 0 spiro atoms. The van der Waals surface area contributed by atoms with Gasteiger partial charge in [0, 0.05) is 22.4 Å². The molecule has 0 aromatic carbocycles. The fourth-order valence-corrected chi connectivity index (χ4v) is 1.53. The van der Waals surface area contributed by atoms with E-state index in [0.29, 0.717) is 0 Å². The summed E-state index contributed by atoms with van der Waals surface area (Å²) in [5.74, 6) is 2.83. The van der Waals surface area contributed by atoms with E-state index in [0.717, 1.165) is 0 Å². The van der Waals surface area contributed by atoms with E-state index in [4.69, 9.17) is 0 Å². The molecule has 1 aliphatic heterocycles. The third-order valence-electron chi connectivity index (χ3n) is 0.827. The van der Waals surface area contributed by atoms with E-state index in [-0.39, 0.29) is 34.8 Å². The zero-order chi connectivity index (χ0) is 3.54. The molecule has 0 saturated carbocycles. The van der Waals surface area contributed by atoms with E-state index in [1.807, 2.05) is 0 Å². The van der Waals surface area contributed by atoms with Gasteiger partial charge in [-0.05, 0) is 24.3 Å². The zero-order valence-corrected chi connectivity index (χ0v) is 7.75. The van der Waals surface area contributed by atoms with Crippen molar-refractivity contribution in [3.05, 3.63) is 0 Å². The van der Waals surface area contributed by atoms with Crippen molar-refractivity contribution in [2.45, 2.75) is 12.8 Å². The summed E-state index contributed by atoms with van der Waals surface area (Å²) in [7, 11) is 0. The van der Waals surface area contributed by atoms with Crippen LogP contribution in [0, 0.1) is 0 Å². The number of rotatable bonds is 0. The second kappa shape index (κ2) is 7.38. The van der Waals surface area contributed by atoms with E-state index in [9.17, 15) is 0 Å². The van der Waals surface area contributed by atoms with Crippen LogP contribution in [0.2, 0.25) is 0 Å². The van der Waals surface area contributed by atoms with E-state index >= 15 is 0 Å². The molecule has 1 fully saturated rings. The van der Waals surface area contributed by atoms with Crippen LogP contribution in [-0.4, -0.2) is 11.5 Å². The Morgan fingerprint density at radius 2 is 1.43 bits per heavy atom. The average Bonchev–Trinajstić information content (AvgIpc) is 1.76. The van der Waals surface area contributed by atoms with Crippen LogP contribution in [-0.2, 0) is 22.4 Å². The van der Waals surface area contributed by atoms with Crippen molar-refractivity contribution < 1.29 is 22.4 Å². The van der Waals surface area contributed by atoms with Crippen LogP contribution in [0.1, 0.15) is 12.8 Å². The third-order valence-corrected chi connectivity index (χ3v) is 1.98. The van der Waals surface area contributed by atoms with Gasteiger partial charge in [-0.25, -0.2) is 0 Å². The van der Waals surface area contributed by atoms with Crippen molar-refractivity contribution in [3.8, 4) is 0 Å². The van der Waals surface area contributed by atoms with Gasteiger partial charge in [-0.2, -0.15) is 11.8 Å².